The number of aryl methyl sites for hydroxylation is 1. The van der Waals surface area contributed by atoms with Gasteiger partial charge in [-0.2, -0.15) is 0 Å². The lowest BCUT2D eigenvalue weighted by Crippen LogP contribution is -2.36. The average molecular weight is 269 g/mol. The van der Waals surface area contributed by atoms with Gasteiger partial charge in [0.2, 0.25) is 0 Å². The van der Waals surface area contributed by atoms with E-state index >= 15 is 0 Å². The van der Waals surface area contributed by atoms with Gasteiger partial charge in [-0.05, 0) is 44.7 Å². The summed E-state index contributed by atoms with van der Waals surface area (Å²) >= 11 is 0. The molecule has 1 rings (SSSR count). The number of nitrogens with one attached hydrogen (secondary N) is 1. The number of hydrogen-bond acceptors (Lipinski definition) is 4. The molecule has 106 valence electrons. The summed E-state index contributed by atoms with van der Waals surface area (Å²) in [4.78, 5) is 11.5. The molecule has 19 heavy (non-hydrogen) atoms. The molecule has 0 bridgehead atoms. The maximum atomic E-state index is 13.1. The Morgan fingerprint density at radius 1 is 1.47 bits per heavy atom. The molecule has 1 aromatic carbocycles. The van der Waals surface area contributed by atoms with Gasteiger partial charge >= 0.3 is 5.97 Å². The molecule has 1 unspecified atom stereocenters. The van der Waals surface area contributed by atoms with Crippen LogP contribution in [0.2, 0.25) is 0 Å². The first-order chi connectivity index (χ1) is 9.08. The molecule has 0 aliphatic rings. The zero-order valence-corrected chi connectivity index (χ0v) is 11.5. The molecule has 1 aromatic rings. The standard InChI is InChI=1S/C14H20FNO3/c1-4-18-14(17)13(16-3)7-8-19-11-5-6-12(15)10(2)9-11/h5-6,9,13,16H,4,7-8H2,1-3H3. The molecule has 0 fully saturated rings. The Morgan fingerprint density at radius 2 is 2.21 bits per heavy atom. The predicted octanol–water partition coefficient (Wildman–Crippen LogP) is 2.05. The number of benzene rings is 1. The number of hydrogen-bond donors (Lipinski definition) is 1. The highest BCUT2D eigenvalue weighted by molar-refractivity contribution is 5.75. The van der Waals surface area contributed by atoms with E-state index in [1.54, 1.807) is 33.0 Å². The van der Waals surface area contributed by atoms with Crippen LogP contribution in [0.4, 0.5) is 4.39 Å². The Bertz CT molecular complexity index is 423. The molecular weight excluding hydrogens is 249 g/mol. The van der Waals surface area contributed by atoms with Gasteiger partial charge in [0.1, 0.15) is 17.6 Å². The van der Waals surface area contributed by atoms with E-state index in [1.165, 1.54) is 6.07 Å². The zero-order valence-electron chi connectivity index (χ0n) is 11.5. The first-order valence-corrected chi connectivity index (χ1v) is 6.31. The molecule has 0 aliphatic heterocycles. The van der Waals surface area contributed by atoms with Gasteiger partial charge in [-0.3, -0.25) is 4.79 Å². The van der Waals surface area contributed by atoms with Crippen molar-refractivity contribution < 1.29 is 18.7 Å². The number of rotatable bonds is 7. The van der Waals surface area contributed by atoms with Crippen molar-refractivity contribution in [1.82, 2.24) is 5.32 Å². The summed E-state index contributed by atoms with van der Waals surface area (Å²) in [6.07, 6.45) is 0.492. The topological polar surface area (TPSA) is 47.6 Å². The van der Waals surface area contributed by atoms with Crippen LogP contribution in [0.15, 0.2) is 18.2 Å². The second-order valence-corrected chi connectivity index (χ2v) is 4.14. The third-order valence-corrected chi connectivity index (χ3v) is 2.72. The van der Waals surface area contributed by atoms with Gasteiger partial charge < -0.3 is 14.8 Å². The molecule has 0 heterocycles. The van der Waals surface area contributed by atoms with Gasteiger partial charge in [-0.15, -0.1) is 0 Å². The molecule has 0 radical (unpaired) electrons. The molecule has 5 heteroatoms. The molecule has 0 amide bonds. The summed E-state index contributed by atoms with van der Waals surface area (Å²) in [7, 11) is 1.70. The van der Waals surface area contributed by atoms with Crippen LogP contribution in [-0.2, 0) is 9.53 Å². The highest BCUT2D eigenvalue weighted by Gasteiger charge is 2.17. The van der Waals surface area contributed by atoms with Crippen molar-refractivity contribution in [2.24, 2.45) is 0 Å². The normalized spacial score (nSPS) is 12.0. The molecular formula is C14H20FNO3. The first-order valence-electron chi connectivity index (χ1n) is 6.31. The van der Waals surface area contributed by atoms with E-state index in [0.717, 1.165) is 0 Å². The van der Waals surface area contributed by atoms with Crippen LogP contribution in [0.1, 0.15) is 18.9 Å². The van der Waals surface area contributed by atoms with Crippen molar-refractivity contribution in [3.63, 3.8) is 0 Å². The van der Waals surface area contributed by atoms with E-state index in [0.29, 0.717) is 30.9 Å². The SMILES string of the molecule is CCOC(=O)C(CCOc1ccc(F)c(C)c1)NC. The average Bonchev–Trinajstić information content (AvgIpc) is 2.39. The van der Waals surface area contributed by atoms with Crippen molar-refractivity contribution in [2.45, 2.75) is 26.3 Å². The predicted molar refractivity (Wildman–Crippen MR) is 70.7 cm³/mol. The Hall–Kier alpha value is -1.62. The van der Waals surface area contributed by atoms with Gasteiger partial charge in [0.15, 0.2) is 0 Å². The summed E-state index contributed by atoms with van der Waals surface area (Å²) in [6, 6.07) is 4.18. The Labute approximate surface area is 112 Å². The van der Waals surface area contributed by atoms with Gasteiger partial charge in [0.05, 0.1) is 13.2 Å². The fraction of sp³-hybridized carbons (Fsp3) is 0.500. The smallest absolute Gasteiger partial charge is 0.323 e. The number of carbonyl (C=O) groups excluding carboxylic acids is 1. The Balaban J connectivity index is 2.43. The summed E-state index contributed by atoms with van der Waals surface area (Å²) in [6.45, 7) is 4.16. The zero-order chi connectivity index (χ0) is 14.3. The number of carbonyl (C=O) groups is 1. The quantitative estimate of drug-likeness (QED) is 0.770. The minimum atomic E-state index is -0.388. The molecule has 0 aliphatic carbocycles. The summed E-state index contributed by atoms with van der Waals surface area (Å²) < 4.78 is 23.5. The second kappa shape index (κ2) is 7.74. The summed E-state index contributed by atoms with van der Waals surface area (Å²) in [5, 5.41) is 2.88. The molecule has 1 atom stereocenters. The minimum absolute atomic E-state index is 0.257. The summed E-state index contributed by atoms with van der Waals surface area (Å²) in [5.41, 5.74) is 0.535. The van der Waals surface area contributed by atoms with Gasteiger partial charge in [-0.1, -0.05) is 0 Å². The third-order valence-electron chi connectivity index (χ3n) is 2.72. The van der Waals surface area contributed by atoms with Crippen LogP contribution < -0.4 is 10.1 Å². The van der Waals surface area contributed by atoms with E-state index in [9.17, 15) is 9.18 Å². The highest BCUT2D eigenvalue weighted by Crippen LogP contribution is 2.16. The fourth-order valence-electron chi connectivity index (χ4n) is 1.62. The van der Waals surface area contributed by atoms with Crippen LogP contribution in [0.25, 0.3) is 0 Å². The van der Waals surface area contributed by atoms with Gasteiger partial charge in [0.25, 0.3) is 0 Å². The van der Waals surface area contributed by atoms with E-state index in [-0.39, 0.29) is 17.8 Å². The minimum Gasteiger partial charge on any atom is -0.494 e. The van der Waals surface area contributed by atoms with Crippen LogP contribution >= 0.6 is 0 Å². The number of ether oxygens (including phenoxy) is 2. The third kappa shape index (κ3) is 4.87. The van der Waals surface area contributed by atoms with Crippen LogP contribution in [0.5, 0.6) is 5.75 Å². The lowest BCUT2D eigenvalue weighted by molar-refractivity contribution is -0.145. The maximum Gasteiger partial charge on any atom is 0.323 e. The van der Waals surface area contributed by atoms with Crippen molar-refractivity contribution in [2.75, 3.05) is 20.3 Å². The number of esters is 1. The molecule has 0 aromatic heterocycles. The van der Waals surface area contributed by atoms with Crippen LogP contribution in [0, 0.1) is 12.7 Å². The van der Waals surface area contributed by atoms with Gasteiger partial charge in [-0.25, -0.2) is 4.39 Å². The highest BCUT2D eigenvalue weighted by atomic mass is 19.1. The van der Waals surface area contributed by atoms with Crippen molar-refractivity contribution in [3.05, 3.63) is 29.6 Å². The first kappa shape index (κ1) is 15.4. The largest absolute Gasteiger partial charge is 0.494 e. The summed E-state index contributed by atoms with van der Waals surface area (Å²) in [5.74, 6) is 0.0495. The van der Waals surface area contributed by atoms with E-state index < -0.39 is 0 Å². The van der Waals surface area contributed by atoms with Crippen molar-refractivity contribution >= 4 is 5.97 Å². The lowest BCUT2D eigenvalue weighted by atomic mass is 10.2. The van der Waals surface area contributed by atoms with Crippen LogP contribution in [0.3, 0.4) is 0 Å². The van der Waals surface area contributed by atoms with E-state index in [1.807, 2.05) is 0 Å². The second-order valence-electron chi connectivity index (χ2n) is 4.14. The Morgan fingerprint density at radius 3 is 2.79 bits per heavy atom. The lowest BCUT2D eigenvalue weighted by Gasteiger charge is -2.15. The molecule has 0 spiro atoms. The van der Waals surface area contributed by atoms with E-state index in [2.05, 4.69) is 5.32 Å². The monoisotopic (exact) mass is 269 g/mol. The molecule has 0 saturated carbocycles. The number of halogens is 1. The fourth-order valence-corrected chi connectivity index (χ4v) is 1.62. The van der Waals surface area contributed by atoms with Gasteiger partial charge in [0, 0.05) is 6.42 Å². The molecule has 0 saturated heterocycles. The number of likely N-dealkylation sites (N-methyl/N-ethyl adjacent to an activating group) is 1. The maximum absolute atomic E-state index is 13.1. The van der Waals surface area contributed by atoms with Crippen molar-refractivity contribution in [3.8, 4) is 5.75 Å². The Kier molecular flexibility index (Phi) is 6.29. The van der Waals surface area contributed by atoms with E-state index in [4.69, 9.17) is 9.47 Å². The van der Waals surface area contributed by atoms with Crippen LogP contribution in [-0.4, -0.2) is 32.3 Å². The molecule has 4 nitrogen and oxygen atoms in total. The van der Waals surface area contributed by atoms with Crippen molar-refractivity contribution in [1.29, 1.82) is 0 Å². The molecule has 1 N–H and O–H groups in total.